The zero-order valence-corrected chi connectivity index (χ0v) is 11.4. The first-order valence-electron chi connectivity index (χ1n) is 6.38. The number of nitrogens with one attached hydrogen (secondary N) is 1. The number of anilines is 1. The van der Waals surface area contributed by atoms with Crippen LogP contribution in [0.5, 0.6) is 0 Å². The van der Waals surface area contributed by atoms with E-state index in [1.54, 1.807) is 17.7 Å². The van der Waals surface area contributed by atoms with Gasteiger partial charge in [-0.2, -0.15) is 0 Å². The fourth-order valence-electron chi connectivity index (χ4n) is 2.39. The molecule has 0 amide bonds. The summed E-state index contributed by atoms with van der Waals surface area (Å²) in [6.45, 7) is 3.86. The summed E-state index contributed by atoms with van der Waals surface area (Å²) in [5, 5.41) is 4.63. The monoisotopic (exact) mass is 262 g/mol. The van der Waals surface area contributed by atoms with Crippen molar-refractivity contribution in [3.63, 3.8) is 0 Å². The van der Waals surface area contributed by atoms with Crippen molar-refractivity contribution in [3.05, 3.63) is 17.3 Å². The molecule has 1 aliphatic carbocycles. The topological polar surface area (TPSA) is 63.8 Å². The Bertz CT molecular complexity index is 559. The minimum absolute atomic E-state index is 0.428. The molecule has 2 heterocycles. The first kappa shape index (κ1) is 11.9. The lowest BCUT2D eigenvalue weighted by molar-refractivity contribution is 0.501. The number of aromatic nitrogens is 2. The van der Waals surface area contributed by atoms with E-state index in [1.165, 1.54) is 17.7 Å². The molecule has 0 bridgehead atoms. The number of aryl methyl sites for hydroxylation is 1. The molecule has 0 saturated heterocycles. The molecule has 96 valence electrons. The molecule has 2 aromatic heterocycles. The van der Waals surface area contributed by atoms with E-state index in [4.69, 9.17) is 5.73 Å². The Labute approximate surface area is 111 Å². The van der Waals surface area contributed by atoms with Gasteiger partial charge in [0, 0.05) is 11.4 Å². The second-order valence-corrected chi connectivity index (χ2v) is 6.43. The maximum absolute atomic E-state index is 5.67. The minimum Gasteiger partial charge on any atom is -0.369 e. The lowest BCUT2D eigenvalue weighted by Crippen LogP contribution is -2.19. The largest absolute Gasteiger partial charge is 0.369 e. The third-order valence-electron chi connectivity index (χ3n) is 3.72. The van der Waals surface area contributed by atoms with Gasteiger partial charge in [-0.1, -0.05) is 0 Å². The van der Waals surface area contributed by atoms with Crippen molar-refractivity contribution in [1.82, 2.24) is 9.97 Å². The van der Waals surface area contributed by atoms with Crippen molar-refractivity contribution < 1.29 is 0 Å². The molecule has 0 radical (unpaired) electrons. The normalized spacial score (nSPS) is 17.0. The highest BCUT2D eigenvalue weighted by Crippen LogP contribution is 2.48. The van der Waals surface area contributed by atoms with Gasteiger partial charge in [-0.25, -0.2) is 9.97 Å². The summed E-state index contributed by atoms with van der Waals surface area (Å²) in [5.41, 5.74) is 6.09. The van der Waals surface area contributed by atoms with Gasteiger partial charge in [-0.15, -0.1) is 11.3 Å². The van der Waals surface area contributed by atoms with E-state index < -0.39 is 0 Å². The van der Waals surface area contributed by atoms with Crippen LogP contribution >= 0.6 is 11.3 Å². The Hall–Kier alpha value is -1.20. The Morgan fingerprint density at radius 1 is 1.44 bits per heavy atom. The van der Waals surface area contributed by atoms with E-state index in [2.05, 4.69) is 28.3 Å². The molecule has 0 unspecified atom stereocenters. The predicted octanol–water partition coefficient (Wildman–Crippen LogP) is 2.54. The molecule has 5 heteroatoms. The highest BCUT2D eigenvalue weighted by molar-refractivity contribution is 7.18. The summed E-state index contributed by atoms with van der Waals surface area (Å²) in [7, 11) is 0. The van der Waals surface area contributed by atoms with E-state index in [1.807, 2.05) is 0 Å². The second kappa shape index (κ2) is 4.48. The quantitative estimate of drug-likeness (QED) is 0.869. The van der Waals surface area contributed by atoms with Crippen LogP contribution in [0.15, 0.2) is 12.4 Å². The number of hydrogen-bond donors (Lipinski definition) is 2. The van der Waals surface area contributed by atoms with Crippen molar-refractivity contribution in [2.45, 2.75) is 26.2 Å². The van der Waals surface area contributed by atoms with Crippen LogP contribution < -0.4 is 11.1 Å². The van der Waals surface area contributed by atoms with E-state index in [9.17, 15) is 0 Å². The second-order valence-electron chi connectivity index (χ2n) is 5.19. The average molecular weight is 262 g/mol. The number of rotatable bonds is 5. The van der Waals surface area contributed by atoms with Crippen molar-refractivity contribution in [2.75, 3.05) is 18.4 Å². The maximum Gasteiger partial charge on any atom is 0.138 e. The smallest absolute Gasteiger partial charge is 0.138 e. The Kier molecular flexibility index (Phi) is 2.95. The van der Waals surface area contributed by atoms with Crippen molar-refractivity contribution in [1.29, 1.82) is 0 Å². The van der Waals surface area contributed by atoms with Crippen molar-refractivity contribution >= 4 is 27.4 Å². The summed E-state index contributed by atoms with van der Waals surface area (Å²) in [5.74, 6) is 0.965. The fourth-order valence-corrected chi connectivity index (χ4v) is 3.23. The molecule has 2 aromatic rings. The highest BCUT2D eigenvalue weighted by atomic mass is 32.1. The molecule has 0 aromatic carbocycles. The SMILES string of the molecule is Cc1cc2c(NCC3(CCN)CC3)ncnc2s1. The van der Waals surface area contributed by atoms with Gasteiger partial charge >= 0.3 is 0 Å². The molecule has 0 atom stereocenters. The minimum atomic E-state index is 0.428. The standard InChI is InChI=1S/C13H18N4S/c1-9-6-10-11(16-8-17-12(10)18-9)15-7-13(2-3-13)4-5-14/h6,8H,2-5,7,14H2,1H3,(H,15,16,17). The van der Waals surface area contributed by atoms with Crippen LogP contribution in [-0.2, 0) is 0 Å². The van der Waals surface area contributed by atoms with Crippen molar-refractivity contribution in [2.24, 2.45) is 11.1 Å². The van der Waals surface area contributed by atoms with Crippen LogP contribution in [-0.4, -0.2) is 23.1 Å². The fraction of sp³-hybridized carbons (Fsp3) is 0.538. The van der Waals surface area contributed by atoms with Gasteiger partial charge in [0.1, 0.15) is 17.0 Å². The molecule has 3 N–H and O–H groups in total. The Morgan fingerprint density at radius 3 is 3.00 bits per heavy atom. The van der Waals surface area contributed by atoms with Crippen LogP contribution in [0.25, 0.3) is 10.2 Å². The van der Waals surface area contributed by atoms with E-state index in [0.717, 1.165) is 35.5 Å². The van der Waals surface area contributed by atoms with Gasteiger partial charge in [0.15, 0.2) is 0 Å². The van der Waals surface area contributed by atoms with Gasteiger partial charge in [-0.05, 0) is 44.2 Å². The predicted molar refractivity (Wildman–Crippen MR) is 76.0 cm³/mol. The van der Waals surface area contributed by atoms with E-state index in [0.29, 0.717) is 5.41 Å². The van der Waals surface area contributed by atoms with Gasteiger partial charge < -0.3 is 11.1 Å². The first-order chi connectivity index (χ1) is 8.72. The summed E-state index contributed by atoms with van der Waals surface area (Å²) in [6.07, 6.45) is 5.32. The third kappa shape index (κ3) is 2.20. The number of thiophene rings is 1. The molecule has 0 spiro atoms. The lowest BCUT2D eigenvalue weighted by Gasteiger charge is -2.15. The van der Waals surface area contributed by atoms with Crippen LogP contribution in [0, 0.1) is 12.3 Å². The first-order valence-corrected chi connectivity index (χ1v) is 7.19. The summed E-state index contributed by atoms with van der Waals surface area (Å²) in [6, 6.07) is 2.16. The number of nitrogens with two attached hydrogens (primary N) is 1. The number of fused-ring (bicyclic) bond motifs is 1. The van der Waals surface area contributed by atoms with Crippen LogP contribution in [0.4, 0.5) is 5.82 Å². The molecule has 4 nitrogen and oxygen atoms in total. The lowest BCUT2D eigenvalue weighted by atomic mass is 10.0. The molecular formula is C13H18N4S. The Morgan fingerprint density at radius 2 is 2.28 bits per heavy atom. The summed E-state index contributed by atoms with van der Waals surface area (Å²) in [4.78, 5) is 11.0. The van der Waals surface area contributed by atoms with E-state index >= 15 is 0 Å². The molecule has 3 rings (SSSR count). The third-order valence-corrected chi connectivity index (χ3v) is 4.67. The summed E-state index contributed by atoms with van der Waals surface area (Å²) < 4.78 is 0. The zero-order valence-electron chi connectivity index (χ0n) is 10.6. The van der Waals surface area contributed by atoms with Crippen LogP contribution in [0.3, 0.4) is 0 Å². The molecule has 1 aliphatic rings. The molecule has 1 saturated carbocycles. The van der Waals surface area contributed by atoms with Gasteiger partial charge in [0.25, 0.3) is 0 Å². The highest BCUT2D eigenvalue weighted by Gasteiger charge is 2.41. The van der Waals surface area contributed by atoms with Gasteiger partial charge in [-0.3, -0.25) is 0 Å². The number of hydrogen-bond acceptors (Lipinski definition) is 5. The zero-order chi connectivity index (χ0) is 12.6. The maximum atomic E-state index is 5.67. The molecular weight excluding hydrogens is 244 g/mol. The van der Waals surface area contributed by atoms with Crippen molar-refractivity contribution in [3.8, 4) is 0 Å². The van der Waals surface area contributed by atoms with Crippen LogP contribution in [0.1, 0.15) is 24.1 Å². The summed E-state index contributed by atoms with van der Waals surface area (Å²) >= 11 is 1.71. The van der Waals surface area contributed by atoms with Crippen LogP contribution in [0.2, 0.25) is 0 Å². The Balaban J connectivity index is 1.78. The van der Waals surface area contributed by atoms with Gasteiger partial charge in [0.05, 0.1) is 5.39 Å². The molecule has 18 heavy (non-hydrogen) atoms. The molecule has 1 fully saturated rings. The van der Waals surface area contributed by atoms with Gasteiger partial charge in [0.2, 0.25) is 0 Å². The number of nitrogens with zero attached hydrogens (tertiary/aromatic N) is 2. The average Bonchev–Trinajstić information content (AvgIpc) is 3.00. The molecule has 0 aliphatic heterocycles. The van der Waals surface area contributed by atoms with E-state index in [-0.39, 0.29) is 0 Å².